The lowest BCUT2D eigenvalue weighted by Gasteiger charge is -2.35. The molecular formula is C18H26N4OS. The summed E-state index contributed by atoms with van der Waals surface area (Å²) >= 11 is 5.55. The molecule has 3 rings (SSSR count). The van der Waals surface area contributed by atoms with Gasteiger partial charge in [0.2, 0.25) is 5.91 Å². The van der Waals surface area contributed by atoms with Crippen LogP contribution in [0.3, 0.4) is 0 Å². The van der Waals surface area contributed by atoms with E-state index in [-0.39, 0.29) is 5.91 Å². The van der Waals surface area contributed by atoms with Crippen LogP contribution in [0.2, 0.25) is 0 Å². The van der Waals surface area contributed by atoms with Gasteiger partial charge >= 0.3 is 0 Å². The van der Waals surface area contributed by atoms with E-state index in [0.717, 1.165) is 49.8 Å². The van der Waals surface area contributed by atoms with Gasteiger partial charge in [-0.25, -0.2) is 0 Å². The molecule has 0 radical (unpaired) electrons. The van der Waals surface area contributed by atoms with Crippen LogP contribution >= 0.6 is 12.2 Å². The second kappa shape index (κ2) is 7.49. The summed E-state index contributed by atoms with van der Waals surface area (Å²) < 4.78 is 0. The molecular weight excluding hydrogens is 320 g/mol. The van der Waals surface area contributed by atoms with E-state index in [1.54, 1.807) is 0 Å². The Balaban J connectivity index is 1.45. The Morgan fingerprint density at radius 3 is 2.33 bits per heavy atom. The minimum atomic E-state index is 0.155. The van der Waals surface area contributed by atoms with Gasteiger partial charge in [0, 0.05) is 37.9 Å². The fourth-order valence-corrected chi connectivity index (χ4v) is 3.36. The van der Waals surface area contributed by atoms with Crippen molar-refractivity contribution in [2.24, 2.45) is 0 Å². The molecule has 1 aliphatic carbocycles. The van der Waals surface area contributed by atoms with Crippen molar-refractivity contribution >= 4 is 28.9 Å². The normalized spacial score (nSPS) is 18.3. The van der Waals surface area contributed by atoms with Crippen LogP contribution in [0.1, 0.15) is 24.0 Å². The van der Waals surface area contributed by atoms with Gasteiger partial charge < -0.3 is 15.5 Å². The van der Waals surface area contributed by atoms with Gasteiger partial charge in [-0.3, -0.25) is 9.69 Å². The van der Waals surface area contributed by atoms with E-state index >= 15 is 0 Å². The van der Waals surface area contributed by atoms with Gasteiger partial charge in [0.1, 0.15) is 0 Å². The average molecular weight is 347 g/mol. The predicted molar refractivity (Wildman–Crippen MR) is 101 cm³/mol. The van der Waals surface area contributed by atoms with Crippen molar-refractivity contribution in [2.45, 2.75) is 32.7 Å². The second-order valence-corrected chi connectivity index (χ2v) is 7.30. The minimum Gasteiger partial charge on any atom is -0.352 e. The fraction of sp³-hybridized carbons (Fsp3) is 0.556. The number of rotatable bonds is 4. The molecule has 1 heterocycles. The molecule has 2 aliphatic rings. The number of hydrogen-bond acceptors (Lipinski definition) is 3. The Morgan fingerprint density at radius 2 is 1.75 bits per heavy atom. The SMILES string of the molecule is Cc1cc(C)cc(NC(=S)N2CCN(CC(=O)NC3CC3)CC2)c1. The summed E-state index contributed by atoms with van der Waals surface area (Å²) in [5, 5.41) is 7.15. The van der Waals surface area contributed by atoms with E-state index in [9.17, 15) is 4.79 Å². The van der Waals surface area contributed by atoms with Crippen molar-refractivity contribution in [3.05, 3.63) is 29.3 Å². The second-order valence-electron chi connectivity index (χ2n) is 6.91. The van der Waals surface area contributed by atoms with Gasteiger partial charge in [-0.05, 0) is 62.2 Å². The third kappa shape index (κ3) is 4.92. The molecule has 1 saturated heterocycles. The Kier molecular flexibility index (Phi) is 5.36. The summed E-state index contributed by atoms with van der Waals surface area (Å²) in [4.78, 5) is 16.3. The molecule has 1 aromatic carbocycles. The number of carbonyl (C=O) groups excluding carboxylic acids is 1. The van der Waals surface area contributed by atoms with Crippen molar-refractivity contribution in [3.63, 3.8) is 0 Å². The number of amides is 1. The molecule has 5 nitrogen and oxygen atoms in total. The highest BCUT2D eigenvalue weighted by Gasteiger charge is 2.25. The van der Waals surface area contributed by atoms with Gasteiger partial charge in [-0.15, -0.1) is 0 Å². The zero-order valence-corrected chi connectivity index (χ0v) is 15.3. The van der Waals surface area contributed by atoms with Crippen LogP contribution in [-0.4, -0.2) is 59.6 Å². The lowest BCUT2D eigenvalue weighted by Crippen LogP contribution is -2.52. The number of nitrogens with one attached hydrogen (secondary N) is 2. The Morgan fingerprint density at radius 1 is 1.12 bits per heavy atom. The molecule has 0 atom stereocenters. The molecule has 0 aromatic heterocycles. The Labute approximate surface area is 149 Å². The smallest absolute Gasteiger partial charge is 0.234 e. The molecule has 1 aromatic rings. The number of carbonyl (C=O) groups is 1. The molecule has 0 bridgehead atoms. The maximum atomic E-state index is 11.9. The van der Waals surface area contributed by atoms with Crippen molar-refractivity contribution in [1.82, 2.24) is 15.1 Å². The molecule has 130 valence electrons. The van der Waals surface area contributed by atoms with Crippen LogP contribution in [0, 0.1) is 13.8 Å². The Hall–Kier alpha value is -1.66. The average Bonchev–Trinajstić information content (AvgIpc) is 3.30. The molecule has 1 amide bonds. The van der Waals surface area contributed by atoms with Gasteiger partial charge in [0.15, 0.2) is 5.11 Å². The number of hydrogen-bond donors (Lipinski definition) is 2. The molecule has 2 fully saturated rings. The number of benzene rings is 1. The first-order valence-corrected chi connectivity index (χ1v) is 9.06. The number of nitrogens with zero attached hydrogens (tertiary/aromatic N) is 2. The molecule has 6 heteroatoms. The van der Waals surface area contributed by atoms with E-state index in [0.29, 0.717) is 12.6 Å². The first-order valence-electron chi connectivity index (χ1n) is 8.65. The van der Waals surface area contributed by atoms with Crippen LogP contribution in [0.4, 0.5) is 5.69 Å². The van der Waals surface area contributed by atoms with Crippen LogP contribution in [0.15, 0.2) is 18.2 Å². The number of thiocarbonyl (C=S) groups is 1. The third-order valence-corrected chi connectivity index (χ3v) is 4.80. The largest absolute Gasteiger partial charge is 0.352 e. The number of anilines is 1. The standard InChI is InChI=1S/C18H26N4OS/c1-13-9-14(2)11-16(10-13)20-18(24)22-7-5-21(6-8-22)12-17(23)19-15-3-4-15/h9-11,15H,3-8,12H2,1-2H3,(H,19,23)(H,20,24). The van der Waals surface area contributed by atoms with Gasteiger partial charge in [-0.1, -0.05) is 6.07 Å². The first-order chi connectivity index (χ1) is 11.5. The predicted octanol–water partition coefficient (Wildman–Crippen LogP) is 1.90. The van der Waals surface area contributed by atoms with E-state index in [4.69, 9.17) is 12.2 Å². The van der Waals surface area contributed by atoms with Crippen LogP contribution in [-0.2, 0) is 4.79 Å². The van der Waals surface area contributed by atoms with Crippen molar-refractivity contribution < 1.29 is 4.79 Å². The van der Waals surface area contributed by atoms with E-state index in [2.05, 4.69) is 52.5 Å². The highest BCUT2D eigenvalue weighted by Crippen LogP contribution is 2.18. The van der Waals surface area contributed by atoms with Crippen LogP contribution in [0.5, 0.6) is 0 Å². The molecule has 24 heavy (non-hydrogen) atoms. The summed E-state index contributed by atoms with van der Waals surface area (Å²) in [6.07, 6.45) is 2.27. The highest BCUT2D eigenvalue weighted by atomic mass is 32.1. The molecule has 0 spiro atoms. The molecule has 0 unspecified atom stereocenters. The zero-order valence-electron chi connectivity index (χ0n) is 14.5. The topological polar surface area (TPSA) is 47.6 Å². The zero-order chi connectivity index (χ0) is 17.1. The number of piperazine rings is 1. The van der Waals surface area contributed by atoms with Crippen molar-refractivity contribution in [1.29, 1.82) is 0 Å². The van der Waals surface area contributed by atoms with Gasteiger partial charge in [0.25, 0.3) is 0 Å². The lowest BCUT2D eigenvalue weighted by atomic mass is 10.1. The summed E-state index contributed by atoms with van der Waals surface area (Å²) in [6.45, 7) is 8.13. The van der Waals surface area contributed by atoms with E-state index < -0.39 is 0 Å². The summed E-state index contributed by atoms with van der Waals surface area (Å²) in [7, 11) is 0. The quantitative estimate of drug-likeness (QED) is 0.816. The number of aryl methyl sites for hydroxylation is 2. The highest BCUT2D eigenvalue weighted by molar-refractivity contribution is 7.80. The summed E-state index contributed by atoms with van der Waals surface area (Å²) in [6, 6.07) is 6.81. The van der Waals surface area contributed by atoms with E-state index in [1.807, 2.05) is 0 Å². The van der Waals surface area contributed by atoms with Crippen LogP contribution < -0.4 is 10.6 Å². The van der Waals surface area contributed by atoms with Crippen molar-refractivity contribution in [2.75, 3.05) is 38.0 Å². The first kappa shape index (κ1) is 17.2. The summed E-state index contributed by atoms with van der Waals surface area (Å²) in [5.41, 5.74) is 3.50. The van der Waals surface area contributed by atoms with Gasteiger partial charge in [-0.2, -0.15) is 0 Å². The monoisotopic (exact) mass is 346 g/mol. The third-order valence-electron chi connectivity index (χ3n) is 4.44. The van der Waals surface area contributed by atoms with Crippen LogP contribution in [0.25, 0.3) is 0 Å². The van der Waals surface area contributed by atoms with Gasteiger partial charge in [0.05, 0.1) is 6.54 Å². The minimum absolute atomic E-state index is 0.155. The maximum absolute atomic E-state index is 11.9. The lowest BCUT2D eigenvalue weighted by molar-refractivity contribution is -0.122. The Bertz CT molecular complexity index is 601. The summed E-state index contributed by atoms with van der Waals surface area (Å²) in [5.74, 6) is 0.155. The molecule has 1 aliphatic heterocycles. The fourth-order valence-electron chi connectivity index (χ4n) is 3.06. The molecule has 1 saturated carbocycles. The maximum Gasteiger partial charge on any atom is 0.234 e. The van der Waals surface area contributed by atoms with Crippen molar-refractivity contribution in [3.8, 4) is 0 Å². The van der Waals surface area contributed by atoms with E-state index in [1.165, 1.54) is 11.1 Å². The molecule has 2 N–H and O–H groups in total.